The van der Waals surface area contributed by atoms with Crippen LogP contribution in [0.15, 0.2) is 0 Å². The van der Waals surface area contributed by atoms with Gasteiger partial charge in [-0.1, -0.05) is 39.3 Å². The highest BCUT2D eigenvalue weighted by Crippen LogP contribution is 2.26. The smallest absolute Gasteiger partial charge is 0.362 e. The molecule has 7 nitrogen and oxygen atoms in total. The van der Waals surface area contributed by atoms with Gasteiger partial charge < -0.3 is 18.9 Å². The summed E-state index contributed by atoms with van der Waals surface area (Å²) in [5.74, 6) is -0.124. The molecule has 0 bridgehead atoms. The van der Waals surface area contributed by atoms with E-state index in [-0.39, 0.29) is 19.2 Å². The molecule has 0 fully saturated rings. The summed E-state index contributed by atoms with van der Waals surface area (Å²) in [4.78, 5) is 12.5. The lowest BCUT2D eigenvalue weighted by atomic mass is 10.4. The largest absolute Gasteiger partial charge is 0.492 e. The maximum atomic E-state index is 12.5. The fraction of sp³-hybridized carbons (Fsp3) is 0.765. The van der Waals surface area contributed by atoms with Crippen LogP contribution in [0.5, 0.6) is 5.75 Å². The molecule has 0 atom stereocenters. The average Bonchev–Trinajstić information content (AvgIpc) is 2.84. The average molecular weight is 529 g/mol. The van der Waals surface area contributed by atoms with Crippen LogP contribution in [-0.4, -0.2) is 59.0 Å². The first-order chi connectivity index (χ1) is 12.4. The third-order valence-corrected chi connectivity index (χ3v) is 7.86. The maximum absolute atomic E-state index is 12.5. The van der Waals surface area contributed by atoms with Gasteiger partial charge in [0.1, 0.15) is 6.73 Å². The van der Waals surface area contributed by atoms with Crippen molar-refractivity contribution in [2.45, 2.75) is 58.1 Å². The van der Waals surface area contributed by atoms with Crippen LogP contribution in [0.3, 0.4) is 0 Å². The minimum atomic E-state index is -1.17. The Balaban J connectivity index is 2.64. The van der Waals surface area contributed by atoms with Crippen LogP contribution in [0.1, 0.15) is 10.5 Å². The van der Waals surface area contributed by atoms with Crippen LogP contribution in [0.2, 0.25) is 51.4 Å². The van der Waals surface area contributed by atoms with Crippen LogP contribution in [0.25, 0.3) is 0 Å². The molecular formula is C17H33IN2O5Si2. The second-order valence-corrected chi connectivity index (χ2v) is 21.1. The van der Waals surface area contributed by atoms with Crippen molar-refractivity contribution in [3.63, 3.8) is 0 Å². The van der Waals surface area contributed by atoms with E-state index in [0.717, 1.165) is 12.1 Å². The zero-order chi connectivity index (χ0) is 20.7. The van der Waals surface area contributed by atoms with Crippen molar-refractivity contribution in [3.8, 4) is 5.75 Å². The van der Waals surface area contributed by atoms with E-state index in [2.05, 4.69) is 44.4 Å². The fourth-order valence-corrected chi connectivity index (χ4v) is 4.27. The minimum absolute atomic E-state index is 0.0787. The second-order valence-electron chi connectivity index (χ2n) is 8.79. The Morgan fingerprint density at radius 2 is 1.59 bits per heavy atom. The quantitative estimate of drug-likeness (QED) is 0.133. The van der Waals surface area contributed by atoms with Gasteiger partial charge in [-0.15, -0.1) is 0 Å². The van der Waals surface area contributed by atoms with E-state index < -0.39 is 22.1 Å². The fourth-order valence-electron chi connectivity index (χ4n) is 2.02. The molecule has 0 aliphatic heterocycles. The number of carbonyl (C=O) groups excluding carboxylic acids is 1. The standard InChI is InChI=1S/C17H33IN2O5Si2/c1-22-15-14(17(21)25-13-24-9-11-27(5,6)7)20(19-16(15)18)12-23-8-10-26(2,3)4/h8-13H2,1-7H3. The Hall–Kier alpha value is -0.436. The number of nitrogens with zero attached hydrogens (tertiary/aromatic N) is 2. The Bertz CT molecular complexity index is 612. The molecule has 0 amide bonds. The van der Waals surface area contributed by atoms with Crippen LogP contribution < -0.4 is 4.74 Å². The number of halogens is 1. The summed E-state index contributed by atoms with van der Waals surface area (Å²) in [6.07, 6.45) is 0. The predicted octanol–water partition coefficient (Wildman–Crippen LogP) is 4.28. The van der Waals surface area contributed by atoms with E-state index in [4.69, 9.17) is 18.9 Å². The molecule has 0 aliphatic carbocycles. The molecular weight excluding hydrogens is 495 g/mol. The molecule has 10 heteroatoms. The Labute approximate surface area is 178 Å². The number of esters is 1. The molecule has 1 aromatic heterocycles. The number of methoxy groups -OCH3 is 1. The molecule has 0 radical (unpaired) electrons. The van der Waals surface area contributed by atoms with Gasteiger partial charge in [0.05, 0.1) is 7.11 Å². The van der Waals surface area contributed by atoms with Gasteiger partial charge >= 0.3 is 5.97 Å². The number of aromatic nitrogens is 2. The number of hydrogen-bond acceptors (Lipinski definition) is 6. The van der Waals surface area contributed by atoms with E-state index in [1.165, 1.54) is 11.8 Å². The first kappa shape index (κ1) is 24.6. The molecule has 1 rings (SSSR count). The van der Waals surface area contributed by atoms with Crippen molar-refractivity contribution in [3.05, 3.63) is 9.39 Å². The molecule has 0 unspecified atom stereocenters. The van der Waals surface area contributed by atoms with Crippen molar-refractivity contribution in [2.24, 2.45) is 0 Å². The number of ether oxygens (including phenoxy) is 4. The summed E-state index contributed by atoms with van der Waals surface area (Å²) in [6.45, 7) is 15.0. The van der Waals surface area contributed by atoms with Gasteiger partial charge in [-0.25, -0.2) is 9.48 Å². The molecule has 0 saturated heterocycles. The molecule has 0 aromatic carbocycles. The lowest BCUT2D eigenvalue weighted by Gasteiger charge is -2.16. The van der Waals surface area contributed by atoms with Gasteiger partial charge in [0.15, 0.2) is 21.9 Å². The van der Waals surface area contributed by atoms with Gasteiger partial charge in [0, 0.05) is 29.4 Å². The SMILES string of the molecule is COc1c(I)nn(COCC[Si](C)(C)C)c1C(=O)OCOCC[Si](C)(C)C. The molecule has 27 heavy (non-hydrogen) atoms. The molecule has 0 N–H and O–H groups in total. The second kappa shape index (κ2) is 10.9. The number of carbonyl (C=O) groups is 1. The van der Waals surface area contributed by atoms with E-state index in [1.54, 1.807) is 0 Å². The molecule has 0 saturated carbocycles. The molecule has 1 heterocycles. The number of rotatable bonds is 12. The summed E-state index contributed by atoms with van der Waals surface area (Å²) in [7, 11) is -0.823. The Kier molecular flexibility index (Phi) is 9.96. The van der Waals surface area contributed by atoms with E-state index in [1.807, 2.05) is 22.6 Å². The van der Waals surface area contributed by atoms with Crippen LogP contribution in [-0.2, 0) is 20.9 Å². The summed E-state index contributed by atoms with van der Waals surface area (Å²) in [5.41, 5.74) is 0.253. The summed E-state index contributed by atoms with van der Waals surface area (Å²) < 4.78 is 23.9. The molecule has 0 aliphatic rings. The monoisotopic (exact) mass is 528 g/mol. The minimum Gasteiger partial charge on any atom is -0.492 e. The highest BCUT2D eigenvalue weighted by atomic mass is 127. The summed E-state index contributed by atoms with van der Waals surface area (Å²) >= 11 is 2.03. The normalized spacial score (nSPS) is 12.3. The van der Waals surface area contributed by atoms with Gasteiger partial charge in [-0.3, -0.25) is 0 Å². The third-order valence-electron chi connectivity index (χ3n) is 3.75. The summed E-state index contributed by atoms with van der Waals surface area (Å²) in [5, 5.41) is 4.34. The topological polar surface area (TPSA) is 71.8 Å². The highest BCUT2D eigenvalue weighted by Gasteiger charge is 2.25. The van der Waals surface area contributed by atoms with E-state index in [0.29, 0.717) is 22.7 Å². The lowest BCUT2D eigenvalue weighted by molar-refractivity contribution is -0.0295. The van der Waals surface area contributed by atoms with Gasteiger partial charge in [-0.2, -0.15) is 5.10 Å². The van der Waals surface area contributed by atoms with Crippen molar-refractivity contribution in [1.82, 2.24) is 9.78 Å². The van der Waals surface area contributed by atoms with Crippen molar-refractivity contribution >= 4 is 44.7 Å². The van der Waals surface area contributed by atoms with Crippen molar-refractivity contribution in [2.75, 3.05) is 27.1 Å². The van der Waals surface area contributed by atoms with E-state index in [9.17, 15) is 4.79 Å². The van der Waals surface area contributed by atoms with Crippen molar-refractivity contribution < 1.29 is 23.7 Å². The lowest BCUT2D eigenvalue weighted by Crippen LogP contribution is -2.23. The van der Waals surface area contributed by atoms with Crippen molar-refractivity contribution in [1.29, 1.82) is 0 Å². The van der Waals surface area contributed by atoms with Crippen LogP contribution >= 0.6 is 22.6 Å². The molecule has 0 spiro atoms. The summed E-state index contributed by atoms with van der Waals surface area (Å²) in [6, 6.07) is 2.07. The Morgan fingerprint density at radius 1 is 1.04 bits per heavy atom. The first-order valence-electron chi connectivity index (χ1n) is 9.07. The van der Waals surface area contributed by atoms with Gasteiger partial charge in [0.25, 0.3) is 0 Å². The van der Waals surface area contributed by atoms with Gasteiger partial charge in [0.2, 0.25) is 0 Å². The van der Waals surface area contributed by atoms with Crippen LogP contribution in [0, 0.1) is 3.70 Å². The van der Waals surface area contributed by atoms with E-state index >= 15 is 0 Å². The first-order valence-corrected chi connectivity index (χ1v) is 17.6. The zero-order valence-corrected chi connectivity index (χ0v) is 21.7. The maximum Gasteiger partial charge on any atom is 0.362 e. The van der Waals surface area contributed by atoms with Gasteiger partial charge in [-0.05, 0) is 34.7 Å². The third kappa shape index (κ3) is 9.54. The Morgan fingerprint density at radius 3 is 2.11 bits per heavy atom. The molecule has 156 valence electrons. The zero-order valence-electron chi connectivity index (χ0n) is 17.6. The van der Waals surface area contributed by atoms with Crippen LogP contribution in [0.4, 0.5) is 0 Å². The number of hydrogen-bond donors (Lipinski definition) is 0. The predicted molar refractivity (Wildman–Crippen MR) is 120 cm³/mol. The molecule has 1 aromatic rings. The highest BCUT2D eigenvalue weighted by molar-refractivity contribution is 14.1.